The number of nitrogens with zero attached hydrogens (tertiary/aromatic N) is 4. The van der Waals surface area contributed by atoms with Crippen molar-refractivity contribution >= 4 is 27.4 Å². The summed E-state index contributed by atoms with van der Waals surface area (Å²) in [4.78, 5) is 24.5. The molecule has 1 aromatic heterocycles. The molecule has 1 atom stereocenters. The first-order chi connectivity index (χ1) is 16.4. The van der Waals surface area contributed by atoms with Gasteiger partial charge in [-0.1, -0.05) is 30.3 Å². The fourth-order valence-electron chi connectivity index (χ4n) is 3.69. The first-order valence-corrected chi connectivity index (χ1v) is 12.5. The fraction of sp³-hybridized carbons (Fsp3) is 0.292. The third-order valence-corrected chi connectivity index (χ3v) is 6.99. The molecule has 0 bridgehead atoms. The van der Waals surface area contributed by atoms with Gasteiger partial charge in [-0.15, -0.1) is 0 Å². The molecule has 3 aromatic rings. The maximum atomic E-state index is 12.8. The highest BCUT2D eigenvalue weighted by Gasteiger charge is 2.26. The number of anilines is 2. The number of hydrogen-bond acceptors (Lipinski definition) is 7. The zero-order chi connectivity index (χ0) is 24.0. The standard InChI is InChI=1S/C24H27N5O4S.H2/c1-19(33-17-20-5-3-2-4-6-20)24(30)29-15-13-28(14-16-29)21-7-9-22(10-8-21)34(31,32)27-23-11-12-25-18-26-23;/h2-12,18-19H,13-17H2,1H3,(H,25,26,27);1H. The molecule has 0 spiro atoms. The molecule has 2 aromatic carbocycles. The molecule has 9 nitrogen and oxygen atoms in total. The van der Waals surface area contributed by atoms with Crippen molar-refractivity contribution in [2.75, 3.05) is 35.8 Å². The van der Waals surface area contributed by atoms with Crippen LogP contribution in [0.1, 0.15) is 13.9 Å². The molecule has 1 fully saturated rings. The lowest BCUT2D eigenvalue weighted by atomic mass is 10.2. The molecule has 1 amide bonds. The Morgan fingerprint density at radius 2 is 1.76 bits per heavy atom. The van der Waals surface area contributed by atoms with Gasteiger partial charge in [0.1, 0.15) is 18.2 Å². The number of carbonyl (C=O) groups excluding carboxylic acids is 1. The van der Waals surface area contributed by atoms with E-state index >= 15 is 0 Å². The third kappa shape index (κ3) is 5.89. The van der Waals surface area contributed by atoms with Gasteiger partial charge in [0.05, 0.1) is 11.5 Å². The molecule has 34 heavy (non-hydrogen) atoms. The summed E-state index contributed by atoms with van der Waals surface area (Å²) in [5.74, 6) is 0.190. The monoisotopic (exact) mass is 483 g/mol. The van der Waals surface area contributed by atoms with Crippen molar-refractivity contribution in [2.45, 2.75) is 24.5 Å². The van der Waals surface area contributed by atoms with Crippen molar-refractivity contribution in [1.29, 1.82) is 0 Å². The lowest BCUT2D eigenvalue weighted by Crippen LogP contribution is -2.51. The Morgan fingerprint density at radius 3 is 2.41 bits per heavy atom. The van der Waals surface area contributed by atoms with Crippen LogP contribution in [0.5, 0.6) is 0 Å². The van der Waals surface area contributed by atoms with Gasteiger partial charge in [-0.2, -0.15) is 0 Å². The summed E-state index contributed by atoms with van der Waals surface area (Å²) in [6.07, 6.45) is 2.23. The van der Waals surface area contributed by atoms with Crippen LogP contribution < -0.4 is 9.62 Å². The normalized spacial score (nSPS) is 15.1. The van der Waals surface area contributed by atoms with E-state index in [0.29, 0.717) is 32.8 Å². The molecule has 180 valence electrons. The fourth-order valence-corrected chi connectivity index (χ4v) is 4.70. The van der Waals surface area contributed by atoms with Gasteiger partial charge in [0, 0.05) is 39.5 Å². The molecule has 1 aliphatic rings. The van der Waals surface area contributed by atoms with Crippen LogP contribution in [0, 0.1) is 0 Å². The van der Waals surface area contributed by atoms with E-state index in [1.165, 1.54) is 18.6 Å². The van der Waals surface area contributed by atoms with Crippen LogP contribution >= 0.6 is 0 Å². The maximum Gasteiger partial charge on any atom is 0.263 e. The number of nitrogens with one attached hydrogen (secondary N) is 1. The second-order valence-corrected chi connectivity index (χ2v) is 9.63. The predicted octanol–water partition coefficient (Wildman–Crippen LogP) is 2.78. The molecule has 0 aliphatic carbocycles. The summed E-state index contributed by atoms with van der Waals surface area (Å²) in [6, 6.07) is 17.9. The van der Waals surface area contributed by atoms with E-state index in [0.717, 1.165) is 11.3 Å². The number of piperazine rings is 1. The van der Waals surface area contributed by atoms with Gasteiger partial charge in [-0.3, -0.25) is 9.52 Å². The smallest absolute Gasteiger partial charge is 0.263 e. The maximum absolute atomic E-state index is 12.8. The Morgan fingerprint density at radius 1 is 1.06 bits per heavy atom. The Labute approximate surface area is 200 Å². The highest BCUT2D eigenvalue weighted by Crippen LogP contribution is 2.21. The number of hydrogen-bond donors (Lipinski definition) is 1. The zero-order valence-electron chi connectivity index (χ0n) is 18.9. The summed E-state index contributed by atoms with van der Waals surface area (Å²) in [5, 5.41) is 0. The van der Waals surface area contributed by atoms with Crippen LogP contribution in [0.15, 0.2) is 78.1 Å². The molecule has 1 aliphatic heterocycles. The third-order valence-electron chi connectivity index (χ3n) is 5.61. The largest absolute Gasteiger partial charge is 0.368 e. The molecule has 1 unspecified atom stereocenters. The Balaban J connectivity index is 0.00000342. The minimum Gasteiger partial charge on any atom is -0.368 e. The Kier molecular flexibility index (Phi) is 7.39. The van der Waals surface area contributed by atoms with Crippen molar-refractivity contribution < 1.29 is 19.4 Å². The number of sulfonamides is 1. The van der Waals surface area contributed by atoms with Crippen molar-refractivity contribution in [2.24, 2.45) is 0 Å². The second-order valence-electron chi connectivity index (χ2n) is 7.95. The van der Waals surface area contributed by atoms with Gasteiger partial charge < -0.3 is 14.5 Å². The van der Waals surface area contributed by atoms with Crippen molar-refractivity contribution in [3.63, 3.8) is 0 Å². The molecule has 4 rings (SSSR count). The molecule has 1 N–H and O–H groups in total. The average molecular weight is 484 g/mol. The lowest BCUT2D eigenvalue weighted by molar-refractivity contribution is -0.143. The molecular formula is C24H29N5O4S. The Hall–Kier alpha value is -3.50. The summed E-state index contributed by atoms with van der Waals surface area (Å²) >= 11 is 0. The predicted molar refractivity (Wildman–Crippen MR) is 131 cm³/mol. The lowest BCUT2D eigenvalue weighted by Gasteiger charge is -2.37. The van der Waals surface area contributed by atoms with Crippen LogP contribution in [0.2, 0.25) is 0 Å². The van der Waals surface area contributed by atoms with Gasteiger partial charge >= 0.3 is 0 Å². The Bertz CT molecular complexity index is 1190. The summed E-state index contributed by atoms with van der Waals surface area (Å²) in [5.41, 5.74) is 1.94. The molecule has 0 saturated carbocycles. The van der Waals surface area contributed by atoms with E-state index in [2.05, 4.69) is 19.6 Å². The highest BCUT2D eigenvalue weighted by atomic mass is 32.2. The van der Waals surface area contributed by atoms with Crippen LogP contribution in [-0.2, 0) is 26.2 Å². The summed E-state index contributed by atoms with van der Waals surface area (Å²) in [7, 11) is -3.74. The summed E-state index contributed by atoms with van der Waals surface area (Å²) in [6.45, 7) is 4.65. The van der Waals surface area contributed by atoms with E-state index in [-0.39, 0.29) is 18.0 Å². The van der Waals surface area contributed by atoms with Crippen LogP contribution in [-0.4, -0.2) is 61.5 Å². The minimum atomic E-state index is -3.74. The van der Waals surface area contributed by atoms with Crippen molar-refractivity contribution in [3.8, 4) is 0 Å². The van der Waals surface area contributed by atoms with Crippen molar-refractivity contribution in [1.82, 2.24) is 14.9 Å². The second kappa shape index (κ2) is 10.6. The summed E-state index contributed by atoms with van der Waals surface area (Å²) < 4.78 is 33.3. The highest BCUT2D eigenvalue weighted by molar-refractivity contribution is 7.92. The molecule has 0 radical (unpaired) electrons. The van der Waals surface area contributed by atoms with Crippen LogP contribution in [0.4, 0.5) is 11.5 Å². The first kappa shape index (κ1) is 23.7. The number of amides is 1. The molecular weight excluding hydrogens is 454 g/mol. The molecule has 2 heterocycles. The van der Waals surface area contributed by atoms with E-state index < -0.39 is 16.1 Å². The SMILES string of the molecule is CC(OCc1ccccc1)C(=O)N1CCN(c2ccc(S(=O)(=O)Nc3ccncn3)cc2)CC1.[HH]. The van der Waals surface area contributed by atoms with E-state index in [1.807, 2.05) is 35.2 Å². The van der Waals surface area contributed by atoms with Gasteiger partial charge in [0.2, 0.25) is 0 Å². The number of aromatic nitrogens is 2. The minimum absolute atomic E-state index is 0. The van der Waals surface area contributed by atoms with Gasteiger partial charge in [0.25, 0.3) is 15.9 Å². The topological polar surface area (TPSA) is 105 Å². The zero-order valence-corrected chi connectivity index (χ0v) is 19.7. The van der Waals surface area contributed by atoms with Crippen LogP contribution in [0.3, 0.4) is 0 Å². The first-order valence-electron chi connectivity index (χ1n) is 11.0. The van der Waals surface area contributed by atoms with Gasteiger partial charge in [-0.05, 0) is 42.8 Å². The van der Waals surface area contributed by atoms with Crippen LogP contribution in [0.25, 0.3) is 0 Å². The number of rotatable bonds is 8. The van der Waals surface area contributed by atoms with Crippen molar-refractivity contribution in [3.05, 3.63) is 78.8 Å². The van der Waals surface area contributed by atoms with Gasteiger partial charge in [0.15, 0.2) is 0 Å². The van der Waals surface area contributed by atoms with E-state index in [4.69, 9.17) is 4.74 Å². The number of ether oxygens (including phenoxy) is 1. The molecule has 10 heteroatoms. The van der Waals surface area contributed by atoms with E-state index in [1.54, 1.807) is 31.2 Å². The average Bonchev–Trinajstić information content (AvgIpc) is 2.88. The van der Waals surface area contributed by atoms with E-state index in [9.17, 15) is 13.2 Å². The number of benzene rings is 2. The van der Waals surface area contributed by atoms with Gasteiger partial charge in [-0.25, -0.2) is 18.4 Å². The number of carbonyl (C=O) groups is 1. The quantitative estimate of drug-likeness (QED) is 0.525. The molecule has 1 saturated heterocycles.